The van der Waals surface area contributed by atoms with Gasteiger partial charge >= 0.3 is 6.36 Å². The molecule has 0 aliphatic carbocycles. The molecule has 0 heterocycles. The minimum absolute atomic E-state index is 0.154. The topological polar surface area (TPSA) is 123 Å². The van der Waals surface area contributed by atoms with Crippen molar-refractivity contribution in [1.82, 2.24) is 15.6 Å². The third kappa shape index (κ3) is 8.57. The van der Waals surface area contributed by atoms with Gasteiger partial charge in [-0.05, 0) is 43.3 Å². The van der Waals surface area contributed by atoms with E-state index in [-0.39, 0.29) is 23.6 Å². The molecule has 0 saturated heterocycles. The second-order valence-corrected chi connectivity index (χ2v) is 8.16. The molecule has 33 heavy (non-hydrogen) atoms. The molecule has 180 valence electrons. The minimum atomic E-state index is -4.91. The number of carbonyl (C=O) groups excluding carboxylic acids is 2. The van der Waals surface area contributed by atoms with Crippen LogP contribution in [0.3, 0.4) is 0 Å². The summed E-state index contributed by atoms with van der Waals surface area (Å²) in [5.41, 5.74) is 4.11. The average molecular weight is 493 g/mol. The number of para-hydroxylation sites is 1. The highest BCUT2D eigenvalue weighted by Gasteiger charge is 2.31. The van der Waals surface area contributed by atoms with Gasteiger partial charge < -0.3 is 9.47 Å². The Morgan fingerprint density at radius 2 is 1.67 bits per heavy atom. The van der Waals surface area contributed by atoms with Gasteiger partial charge in [-0.25, -0.2) is 17.5 Å². The first-order valence-electron chi connectivity index (χ1n) is 9.23. The molecule has 2 aromatic carbocycles. The lowest BCUT2D eigenvalue weighted by Gasteiger charge is -2.15. The Kier molecular flexibility index (Phi) is 8.59. The molecule has 0 aliphatic heterocycles. The number of ether oxygens (including phenoxy) is 2. The van der Waals surface area contributed by atoms with Crippen molar-refractivity contribution in [2.45, 2.75) is 30.7 Å². The van der Waals surface area contributed by atoms with Crippen LogP contribution in [0.4, 0.5) is 17.6 Å². The zero-order valence-electron chi connectivity index (χ0n) is 17.0. The van der Waals surface area contributed by atoms with Crippen LogP contribution in [0, 0.1) is 5.82 Å². The Morgan fingerprint density at radius 3 is 2.27 bits per heavy atom. The molecular formula is C19H19F4N3O6S. The molecule has 1 unspecified atom stereocenters. The van der Waals surface area contributed by atoms with E-state index >= 15 is 0 Å². The van der Waals surface area contributed by atoms with E-state index < -0.39 is 45.9 Å². The molecule has 2 aromatic rings. The summed E-state index contributed by atoms with van der Waals surface area (Å²) in [5.74, 6) is -2.95. The molecular weight excluding hydrogens is 474 g/mol. The summed E-state index contributed by atoms with van der Waals surface area (Å²) in [7, 11) is -4.11. The van der Waals surface area contributed by atoms with E-state index in [4.69, 9.17) is 4.74 Å². The van der Waals surface area contributed by atoms with E-state index in [2.05, 4.69) is 14.9 Å². The lowest BCUT2D eigenvalue weighted by molar-refractivity contribution is -0.274. The van der Waals surface area contributed by atoms with Gasteiger partial charge in [0.05, 0.1) is 4.90 Å². The smallest absolute Gasteiger partial charge is 0.478 e. The number of hydrazine groups is 1. The molecule has 0 saturated carbocycles. The first-order valence-corrected chi connectivity index (χ1v) is 10.7. The van der Waals surface area contributed by atoms with Crippen molar-refractivity contribution in [2.75, 3.05) is 6.54 Å². The number of benzene rings is 2. The first-order chi connectivity index (χ1) is 15.4. The van der Waals surface area contributed by atoms with Gasteiger partial charge in [0.25, 0.3) is 5.91 Å². The van der Waals surface area contributed by atoms with Gasteiger partial charge in [-0.2, -0.15) is 0 Å². The van der Waals surface area contributed by atoms with Crippen molar-refractivity contribution < 1.29 is 45.0 Å². The molecule has 2 rings (SSSR count). The Bertz CT molecular complexity index is 1080. The van der Waals surface area contributed by atoms with Gasteiger partial charge in [0.2, 0.25) is 15.9 Å². The highest BCUT2D eigenvalue weighted by molar-refractivity contribution is 7.89. The average Bonchev–Trinajstić information content (AvgIpc) is 2.72. The molecule has 0 fully saturated rings. The molecule has 0 aromatic heterocycles. The number of alkyl halides is 3. The maximum Gasteiger partial charge on any atom is 0.573 e. The van der Waals surface area contributed by atoms with Crippen LogP contribution < -0.4 is 25.0 Å². The maximum atomic E-state index is 13.5. The van der Waals surface area contributed by atoms with Gasteiger partial charge in [0.1, 0.15) is 5.75 Å². The van der Waals surface area contributed by atoms with Crippen LogP contribution in [-0.4, -0.2) is 39.2 Å². The van der Waals surface area contributed by atoms with Crippen molar-refractivity contribution >= 4 is 21.8 Å². The molecule has 0 bridgehead atoms. The normalized spacial score (nSPS) is 12.5. The predicted molar refractivity (Wildman–Crippen MR) is 106 cm³/mol. The molecule has 3 N–H and O–H groups in total. The summed E-state index contributed by atoms with van der Waals surface area (Å²) in [6, 6.07) is 8.88. The SMILES string of the molecule is CC(Oc1ccccc1F)C(=O)NNC(=O)CCNS(=O)(=O)c1ccc(OC(F)(F)F)cc1. The van der Waals surface area contributed by atoms with E-state index in [0.29, 0.717) is 0 Å². The van der Waals surface area contributed by atoms with Crippen molar-refractivity contribution in [2.24, 2.45) is 0 Å². The minimum Gasteiger partial charge on any atom is -0.478 e. The summed E-state index contributed by atoms with van der Waals surface area (Å²) in [6.07, 6.45) is -6.44. The first kappa shape index (κ1) is 25.9. The molecule has 0 spiro atoms. The fourth-order valence-electron chi connectivity index (χ4n) is 2.28. The summed E-state index contributed by atoms with van der Waals surface area (Å²) in [4.78, 5) is 23.4. The summed E-state index contributed by atoms with van der Waals surface area (Å²) >= 11 is 0. The number of amides is 2. The monoisotopic (exact) mass is 493 g/mol. The lowest BCUT2D eigenvalue weighted by Crippen LogP contribution is -2.47. The second kappa shape index (κ2) is 11.0. The van der Waals surface area contributed by atoms with Gasteiger partial charge in [-0.15, -0.1) is 13.2 Å². The summed E-state index contributed by atoms with van der Waals surface area (Å²) in [5, 5.41) is 0. The van der Waals surface area contributed by atoms with Crippen LogP contribution in [0.1, 0.15) is 13.3 Å². The van der Waals surface area contributed by atoms with Gasteiger partial charge in [-0.3, -0.25) is 20.4 Å². The highest BCUT2D eigenvalue weighted by Crippen LogP contribution is 2.23. The van der Waals surface area contributed by atoms with Gasteiger partial charge in [0, 0.05) is 13.0 Å². The Hall–Kier alpha value is -3.39. The van der Waals surface area contributed by atoms with E-state index in [1.807, 2.05) is 5.43 Å². The number of rotatable bonds is 9. The van der Waals surface area contributed by atoms with Crippen LogP contribution in [0.2, 0.25) is 0 Å². The summed E-state index contributed by atoms with van der Waals surface area (Å²) < 4.78 is 85.2. The molecule has 9 nitrogen and oxygen atoms in total. The second-order valence-electron chi connectivity index (χ2n) is 6.39. The Labute approximate surface area is 186 Å². The van der Waals surface area contributed by atoms with E-state index in [0.717, 1.165) is 30.3 Å². The van der Waals surface area contributed by atoms with Crippen molar-refractivity contribution in [3.63, 3.8) is 0 Å². The number of nitrogens with one attached hydrogen (secondary N) is 3. The Morgan fingerprint density at radius 1 is 1.03 bits per heavy atom. The molecule has 0 radical (unpaired) electrons. The fraction of sp³-hybridized carbons (Fsp3) is 0.263. The highest BCUT2D eigenvalue weighted by atomic mass is 32.2. The molecule has 14 heteroatoms. The van der Waals surface area contributed by atoms with Crippen LogP contribution in [0.5, 0.6) is 11.5 Å². The van der Waals surface area contributed by atoms with Crippen molar-refractivity contribution in [1.29, 1.82) is 0 Å². The molecule has 1 atom stereocenters. The van der Waals surface area contributed by atoms with E-state index in [1.165, 1.54) is 25.1 Å². The number of hydrogen-bond acceptors (Lipinski definition) is 6. The van der Waals surface area contributed by atoms with Gasteiger partial charge in [0.15, 0.2) is 17.7 Å². The molecule has 2 amide bonds. The number of halogens is 4. The number of hydrogen-bond donors (Lipinski definition) is 3. The van der Waals surface area contributed by atoms with Crippen LogP contribution >= 0.6 is 0 Å². The third-order valence-electron chi connectivity index (χ3n) is 3.85. The fourth-order valence-corrected chi connectivity index (χ4v) is 3.31. The number of sulfonamides is 1. The van der Waals surface area contributed by atoms with Crippen molar-refractivity contribution in [3.8, 4) is 11.5 Å². The third-order valence-corrected chi connectivity index (χ3v) is 5.32. The van der Waals surface area contributed by atoms with E-state index in [9.17, 15) is 35.6 Å². The Balaban J connectivity index is 1.76. The van der Waals surface area contributed by atoms with E-state index in [1.54, 1.807) is 0 Å². The standard InChI is InChI=1S/C19H19F4N3O6S/c1-12(31-16-5-3-2-4-15(16)20)18(28)26-25-17(27)10-11-24-33(29,30)14-8-6-13(7-9-14)32-19(21,22)23/h2-9,12,24H,10-11H2,1H3,(H,25,27)(H,26,28). The zero-order chi connectivity index (χ0) is 24.6. The maximum absolute atomic E-state index is 13.5. The lowest BCUT2D eigenvalue weighted by atomic mass is 10.3. The van der Waals surface area contributed by atoms with Crippen molar-refractivity contribution in [3.05, 3.63) is 54.3 Å². The zero-order valence-corrected chi connectivity index (χ0v) is 17.8. The quantitative estimate of drug-likeness (QED) is 0.363. The van der Waals surface area contributed by atoms with Crippen LogP contribution in [0.25, 0.3) is 0 Å². The predicted octanol–water partition coefficient (Wildman–Crippen LogP) is 2.01. The number of carbonyl (C=O) groups is 2. The summed E-state index contributed by atoms with van der Waals surface area (Å²) in [6.45, 7) is 0.958. The van der Waals surface area contributed by atoms with Crippen LogP contribution in [-0.2, 0) is 19.6 Å². The molecule has 0 aliphatic rings. The largest absolute Gasteiger partial charge is 0.573 e. The van der Waals surface area contributed by atoms with Gasteiger partial charge in [-0.1, -0.05) is 12.1 Å². The van der Waals surface area contributed by atoms with Crippen LogP contribution in [0.15, 0.2) is 53.4 Å².